The lowest BCUT2D eigenvalue weighted by molar-refractivity contribution is -0.156. The summed E-state index contributed by atoms with van der Waals surface area (Å²) in [6.45, 7) is 6.63. The Kier molecular flexibility index (Phi) is 4.60. The number of carbonyl (C=O) groups is 2. The van der Waals surface area contributed by atoms with Crippen LogP contribution in [0.3, 0.4) is 0 Å². The van der Waals surface area contributed by atoms with E-state index in [1.165, 1.54) is 12.7 Å². The molecule has 4 atom stereocenters. The molecular formula is C18H28O3. The number of esters is 1. The highest BCUT2D eigenvalue weighted by Crippen LogP contribution is 2.58. The normalized spacial score (nSPS) is 39.1. The molecule has 2 rings (SSSR count). The molecule has 0 amide bonds. The van der Waals surface area contributed by atoms with Crippen LogP contribution in [-0.2, 0) is 14.3 Å². The first-order valence-electron chi connectivity index (χ1n) is 8.12. The van der Waals surface area contributed by atoms with Crippen molar-refractivity contribution in [3.63, 3.8) is 0 Å². The second kappa shape index (κ2) is 5.94. The van der Waals surface area contributed by atoms with Gasteiger partial charge in [-0.2, -0.15) is 0 Å². The summed E-state index contributed by atoms with van der Waals surface area (Å²) < 4.78 is 5.10. The average Bonchev–Trinajstić information content (AvgIpc) is 2.49. The molecule has 1 unspecified atom stereocenters. The van der Waals surface area contributed by atoms with Crippen molar-refractivity contribution in [2.75, 3.05) is 7.11 Å². The van der Waals surface area contributed by atoms with Crippen LogP contribution in [0.25, 0.3) is 0 Å². The number of hydrogen-bond acceptors (Lipinski definition) is 3. The van der Waals surface area contributed by atoms with Gasteiger partial charge >= 0.3 is 5.97 Å². The van der Waals surface area contributed by atoms with E-state index in [0.29, 0.717) is 12.3 Å². The number of ether oxygens (including phenoxy) is 1. The molecule has 0 aromatic carbocycles. The van der Waals surface area contributed by atoms with Crippen LogP contribution in [0.4, 0.5) is 0 Å². The molecule has 21 heavy (non-hydrogen) atoms. The molecule has 2 aliphatic rings. The number of methoxy groups -OCH3 is 1. The van der Waals surface area contributed by atoms with Crippen LogP contribution in [0.5, 0.6) is 0 Å². The zero-order chi connectivity index (χ0) is 15.7. The zero-order valence-electron chi connectivity index (χ0n) is 13.8. The van der Waals surface area contributed by atoms with E-state index in [1.807, 2.05) is 0 Å². The van der Waals surface area contributed by atoms with Gasteiger partial charge in [0.2, 0.25) is 0 Å². The number of fused-ring (bicyclic) bond motifs is 1. The molecule has 3 nitrogen and oxygen atoms in total. The fraction of sp³-hybridized carbons (Fsp3) is 0.778. The molecular weight excluding hydrogens is 264 g/mol. The predicted molar refractivity (Wildman–Crippen MR) is 82.7 cm³/mol. The number of aldehydes is 1. The van der Waals surface area contributed by atoms with Gasteiger partial charge < -0.3 is 9.53 Å². The van der Waals surface area contributed by atoms with Crippen molar-refractivity contribution in [1.29, 1.82) is 0 Å². The number of rotatable bonds is 4. The highest BCUT2D eigenvalue weighted by Gasteiger charge is 2.52. The van der Waals surface area contributed by atoms with Gasteiger partial charge in [-0.3, -0.25) is 4.79 Å². The Labute approximate surface area is 128 Å². The molecule has 1 saturated carbocycles. The molecule has 0 heterocycles. The maximum Gasteiger partial charge on any atom is 0.312 e. The lowest BCUT2D eigenvalue weighted by Crippen LogP contribution is -2.47. The largest absolute Gasteiger partial charge is 0.469 e. The molecule has 0 saturated heterocycles. The molecule has 1 fully saturated rings. The van der Waals surface area contributed by atoms with Crippen LogP contribution in [-0.4, -0.2) is 19.4 Å². The Hall–Kier alpha value is -1.12. The molecule has 0 aromatic heterocycles. The van der Waals surface area contributed by atoms with Gasteiger partial charge in [0.05, 0.1) is 12.5 Å². The summed E-state index contributed by atoms with van der Waals surface area (Å²) in [5, 5.41) is 0. The number of allylic oxidation sites excluding steroid dienone is 2. The third-order valence-corrected chi connectivity index (χ3v) is 6.24. The topological polar surface area (TPSA) is 43.4 Å². The van der Waals surface area contributed by atoms with Crippen molar-refractivity contribution < 1.29 is 14.3 Å². The Bertz CT molecular complexity index is 453. The summed E-state index contributed by atoms with van der Waals surface area (Å²) in [5.41, 5.74) is 1.04. The van der Waals surface area contributed by atoms with E-state index in [1.54, 1.807) is 0 Å². The SMILES string of the molecule is COC(=O)[C@@]1(C)CCC=C2[C@@H]1CCC(C)[C@]2(C)CCC=O. The Balaban J connectivity index is 2.38. The molecule has 0 bridgehead atoms. The van der Waals surface area contributed by atoms with Crippen molar-refractivity contribution in [2.45, 2.75) is 59.3 Å². The van der Waals surface area contributed by atoms with E-state index in [9.17, 15) is 9.59 Å². The van der Waals surface area contributed by atoms with Crippen molar-refractivity contribution in [3.05, 3.63) is 11.6 Å². The molecule has 0 aromatic rings. The van der Waals surface area contributed by atoms with Crippen LogP contribution in [0, 0.1) is 22.7 Å². The lowest BCUT2D eigenvalue weighted by atomic mass is 9.51. The van der Waals surface area contributed by atoms with Crippen LogP contribution >= 0.6 is 0 Å². The minimum Gasteiger partial charge on any atom is -0.469 e. The maximum absolute atomic E-state index is 12.3. The smallest absolute Gasteiger partial charge is 0.312 e. The molecule has 0 N–H and O–H groups in total. The van der Waals surface area contributed by atoms with Gasteiger partial charge in [0.15, 0.2) is 0 Å². The van der Waals surface area contributed by atoms with Gasteiger partial charge in [-0.15, -0.1) is 0 Å². The van der Waals surface area contributed by atoms with Gasteiger partial charge in [-0.25, -0.2) is 0 Å². The minimum atomic E-state index is -0.401. The van der Waals surface area contributed by atoms with Crippen LogP contribution in [0.1, 0.15) is 59.3 Å². The van der Waals surface area contributed by atoms with Gasteiger partial charge in [-0.1, -0.05) is 25.5 Å². The first kappa shape index (κ1) is 16.3. The van der Waals surface area contributed by atoms with Crippen molar-refractivity contribution in [1.82, 2.24) is 0 Å². The van der Waals surface area contributed by atoms with Crippen molar-refractivity contribution in [2.24, 2.45) is 22.7 Å². The standard InChI is InChI=1S/C18H28O3/c1-13-8-9-15-14(17(13,2)11-6-12-19)7-5-10-18(15,3)16(20)21-4/h7,12-13,15H,5-6,8-11H2,1-4H3/t13?,15-,17-,18-/m0/s1. The summed E-state index contributed by atoms with van der Waals surface area (Å²) in [7, 11) is 1.49. The van der Waals surface area contributed by atoms with Crippen molar-refractivity contribution in [3.8, 4) is 0 Å². The van der Waals surface area contributed by atoms with Gasteiger partial charge in [0, 0.05) is 6.42 Å². The van der Waals surface area contributed by atoms with Crippen LogP contribution < -0.4 is 0 Å². The van der Waals surface area contributed by atoms with Gasteiger partial charge in [-0.05, 0) is 56.3 Å². The Morgan fingerprint density at radius 3 is 2.76 bits per heavy atom. The van der Waals surface area contributed by atoms with E-state index >= 15 is 0 Å². The molecule has 118 valence electrons. The summed E-state index contributed by atoms with van der Waals surface area (Å²) in [6, 6.07) is 0. The second-order valence-corrected chi connectivity index (χ2v) is 7.26. The minimum absolute atomic E-state index is 0.0412. The van der Waals surface area contributed by atoms with Gasteiger partial charge in [0.25, 0.3) is 0 Å². The van der Waals surface area contributed by atoms with Crippen LogP contribution in [0.2, 0.25) is 0 Å². The van der Waals surface area contributed by atoms with E-state index in [0.717, 1.165) is 38.4 Å². The predicted octanol–water partition coefficient (Wildman–Crippen LogP) is 3.92. The highest BCUT2D eigenvalue weighted by atomic mass is 16.5. The Morgan fingerprint density at radius 2 is 2.14 bits per heavy atom. The van der Waals surface area contributed by atoms with E-state index in [4.69, 9.17) is 4.74 Å². The molecule has 0 radical (unpaired) electrons. The van der Waals surface area contributed by atoms with E-state index in [2.05, 4.69) is 26.8 Å². The first-order chi connectivity index (χ1) is 9.90. The second-order valence-electron chi connectivity index (χ2n) is 7.26. The molecule has 0 aliphatic heterocycles. The maximum atomic E-state index is 12.3. The van der Waals surface area contributed by atoms with Gasteiger partial charge in [0.1, 0.15) is 6.29 Å². The van der Waals surface area contributed by atoms with E-state index in [-0.39, 0.29) is 17.3 Å². The summed E-state index contributed by atoms with van der Waals surface area (Å²) in [6.07, 6.45) is 8.81. The summed E-state index contributed by atoms with van der Waals surface area (Å²) in [5.74, 6) is 0.747. The fourth-order valence-electron chi connectivity index (χ4n) is 4.54. The summed E-state index contributed by atoms with van der Waals surface area (Å²) in [4.78, 5) is 23.2. The third-order valence-electron chi connectivity index (χ3n) is 6.24. The lowest BCUT2D eigenvalue weighted by Gasteiger charge is -2.52. The van der Waals surface area contributed by atoms with Crippen molar-refractivity contribution >= 4 is 12.3 Å². The molecule has 3 heteroatoms. The first-order valence-corrected chi connectivity index (χ1v) is 8.12. The molecule has 2 aliphatic carbocycles. The fourth-order valence-corrected chi connectivity index (χ4v) is 4.54. The molecule has 0 spiro atoms. The summed E-state index contributed by atoms with van der Waals surface area (Å²) >= 11 is 0. The van der Waals surface area contributed by atoms with Crippen LogP contribution in [0.15, 0.2) is 11.6 Å². The number of carbonyl (C=O) groups excluding carboxylic acids is 2. The average molecular weight is 292 g/mol. The highest BCUT2D eigenvalue weighted by molar-refractivity contribution is 5.77. The third kappa shape index (κ3) is 2.56. The number of hydrogen-bond donors (Lipinski definition) is 0. The quantitative estimate of drug-likeness (QED) is 0.448. The zero-order valence-corrected chi connectivity index (χ0v) is 13.8. The van der Waals surface area contributed by atoms with E-state index < -0.39 is 5.41 Å². The Morgan fingerprint density at radius 1 is 1.43 bits per heavy atom. The monoisotopic (exact) mass is 292 g/mol.